The van der Waals surface area contributed by atoms with E-state index in [2.05, 4.69) is 109 Å². The summed E-state index contributed by atoms with van der Waals surface area (Å²) in [5.74, 6) is 1.17. The average Bonchev–Trinajstić information content (AvgIpc) is 1.62. The van der Waals surface area contributed by atoms with Gasteiger partial charge in [-0.25, -0.2) is 19.4 Å². The summed E-state index contributed by atoms with van der Waals surface area (Å²) in [6.07, 6.45) is 17.7. The highest BCUT2D eigenvalue weighted by atomic mass is 16.5. The molecular formula is C106H120N18O9. The number of ether oxygens (including phenoxy) is 2. The maximum Gasteiger partial charge on any atom is 0.306 e. The van der Waals surface area contributed by atoms with Crippen LogP contribution < -0.4 is 5.32 Å². The van der Waals surface area contributed by atoms with Crippen LogP contribution in [-0.4, -0.2) is 223 Å². The van der Waals surface area contributed by atoms with Crippen molar-refractivity contribution in [2.45, 2.75) is 146 Å². The molecule has 0 saturated carbocycles. The summed E-state index contributed by atoms with van der Waals surface area (Å²) < 4.78 is 18.4. The third-order valence-electron chi connectivity index (χ3n) is 25.5. The van der Waals surface area contributed by atoms with Gasteiger partial charge < -0.3 is 38.0 Å². The van der Waals surface area contributed by atoms with Crippen molar-refractivity contribution in [3.05, 3.63) is 259 Å². The number of hydrogen-bond donors (Lipinski definition) is 1. The second-order valence-electron chi connectivity index (χ2n) is 35.7. The maximum atomic E-state index is 13.6. The molecule has 12 heterocycles. The largest absolute Gasteiger partial charge is 0.466 e. The second kappa shape index (κ2) is 45.1. The number of aryl methyl sites for hydroxylation is 3. The number of fused-ring (bicyclic) bond motifs is 4. The number of benzene rings is 4. The Hall–Kier alpha value is -13.5. The summed E-state index contributed by atoms with van der Waals surface area (Å²) in [5, 5.41) is 2.82. The molecule has 27 heteroatoms. The minimum atomic E-state index is -0.164. The minimum absolute atomic E-state index is 0.0344. The topological polar surface area (TPSA) is 255 Å². The normalized spacial score (nSPS) is 15.2. The lowest BCUT2D eigenvalue weighted by Gasteiger charge is -2.32. The number of nitrogens with zero attached hydrogens (tertiary/aromatic N) is 17. The lowest BCUT2D eigenvalue weighted by Crippen LogP contribution is -2.39. The van der Waals surface area contributed by atoms with Gasteiger partial charge in [-0.2, -0.15) is 0 Å². The molecule has 16 rings (SSSR count). The molecule has 4 aromatic carbocycles. The van der Waals surface area contributed by atoms with Crippen LogP contribution in [0.5, 0.6) is 0 Å². The number of Topliss-reactive ketones (excluding diaryl/α,β-unsaturated/α-hetero) is 4. The number of likely N-dealkylation sites (tertiary alicyclic amines) is 4. The van der Waals surface area contributed by atoms with Gasteiger partial charge in [0, 0.05) is 103 Å². The van der Waals surface area contributed by atoms with Crippen LogP contribution in [0.25, 0.3) is 86.3 Å². The third-order valence-corrected chi connectivity index (χ3v) is 25.5. The molecule has 27 nitrogen and oxygen atoms in total. The Morgan fingerprint density at radius 3 is 1.05 bits per heavy atom. The highest BCUT2D eigenvalue weighted by Crippen LogP contribution is 2.37. The van der Waals surface area contributed by atoms with Crippen LogP contribution >= 0.6 is 0 Å². The number of aromatic nitrogens is 8. The van der Waals surface area contributed by atoms with Gasteiger partial charge in [0.05, 0.1) is 138 Å². The van der Waals surface area contributed by atoms with Crippen LogP contribution in [0.3, 0.4) is 0 Å². The van der Waals surface area contributed by atoms with Gasteiger partial charge >= 0.3 is 11.9 Å². The molecule has 4 aliphatic heterocycles. The van der Waals surface area contributed by atoms with Gasteiger partial charge in [-0.15, -0.1) is 0 Å². The summed E-state index contributed by atoms with van der Waals surface area (Å²) in [4.78, 5) is 133. The van der Waals surface area contributed by atoms with Gasteiger partial charge in [0.2, 0.25) is 5.91 Å². The molecule has 1 unspecified atom stereocenters. The average molecular weight is 1790 g/mol. The van der Waals surface area contributed by atoms with E-state index in [-0.39, 0.29) is 53.3 Å². The number of likely N-dealkylation sites (N-methyl/N-ethyl adjacent to an activating group) is 1. The van der Waals surface area contributed by atoms with E-state index in [1.54, 1.807) is 55.0 Å². The molecule has 0 aliphatic carbocycles. The first-order valence-corrected chi connectivity index (χ1v) is 46.3. The third kappa shape index (κ3) is 23.5. The predicted molar refractivity (Wildman–Crippen MR) is 521 cm³/mol. The number of esters is 2. The fraction of sp³-hybridized carbons (Fsp3) is 0.406. The highest BCUT2D eigenvalue weighted by Gasteiger charge is 2.33. The number of pyridine rings is 4. The van der Waals surface area contributed by atoms with Gasteiger partial charge in [-0.1, -0.05) is 55.0 Å². The van der Waals surface area contributed by atoms with Crippen LogP contribution in [0.4, 0.5) is 22.7 Å². The summed E-state index contributed by atoms with van der Waals surface area (Å²) in [6.45, 7) is 59.1. The van der Waals surface area contributed by atoms with Crippen molar-refractivity contribution < 1.29 is 43.0 Å². The first kappa shape index (κ1) is 97.0. The zero-order valence-corrected chi connectivity index (χ0v) is 78.7. The summed E-state index contributed by atoms with van der Waals surface area (Å²) >= 11 is 0. The maximum absolute atomic E-state index is 13.6. The number of rotatable bonds is 27. The van der Waals surface area contributed by atoms with E-state index in [0.717, 1.165) is 199 Å². The molecule has 0 spiro atoms. The molecule has 4 fully saturated rings. The van der Waals surface area contributed by atoms with Crippen molar-refractivity contribution >= 4 is 108 Å². The van der Waals surface area contributed by atoms with Crippen molar-refractivity contribution in [3.8, 4) is 22.7 Å². The SMILES string of the molecule is [C-]#[N+]c1ccc(-n2c(C)c(C(=O)CN3CCC(CC(=O)OCC)CC3)c3ncc(C)cc32)cc1.[C-]#[N+]c1ccc(-n2c(C)c(C(=O)CN3CCC(CN(C)C)CC3)c3ncc(C)cc32)cc1.[C-]#[N+]c1ccc(-n2c(C)c(C(=O)CN3CCCC(CC(=O)OCC)C3)c3ncc(C)cc32)cc1.[C-]#[N+]c1ccc(-n2c(C)c(C(=O)CN3CCCCC3)c3ncc(CC(=O)NCC)cc32)cc1. The van der Waals surface area contributed by atoms with Crippen LogP contribution in [0.15, 0.2) is 146 Å². The Labute approximate surface area is 779 Å². The molecule has 4 aliphatic rings. The quantitative estimate of drug-likeness (QED) is 0.0285. The summed E-state index contributed by atoms with van der Waals surface area (Å²) in [7, 11) is 4.25. The standard InChI is InChI=1S/2C27H30N4O3.C26H29N5O2.C26H31N5O/c1-5-34-25(33)15-20-10-12-30(13-11-20)17-24(32)26-19(3)31(22-8-6-21(28-4)7-9-22)23-14-18(2)16-29-27(23)26;1-5-34-25(33)14-20-7-6-12-30(16-20)17-24(32)26-19(3)31(22-10-8-21(28-4)9-11-22)23-13-18(2)15-29-27(23)26;1-4-28-24(33)15-19-14-22-26(29-16-19)25(23(32)17-30-12-6-5-7-13-30)18(2)31(22)21-10-8-20(27-3)9-11-21;1-18-14-23-26(28-15-18)25(19(2)31(23)22-8-6-21(27-3)7-9-22)24(32)17-30-12-10-20(11-13-30)16-29(4)5/h6-9,14,16,20H,5,10-13,15,17H2,1-3H3;8-11,13,15,20H,5-7,12,14,16-17H2,1-3H3;8-11,14,16H,4-7,12-13,15,17H2,1-2H3,(H,28,33);6-9,14-15,20H,10-13,16-17H2,1-2,4-5H3. The number of nitrogens with one attached hydrogen (secondary N) is 1. The first-order chi connectivity index (χ1) is 64.2. The van der Waals surface area contributed by atoms with Crippen LogP contribution in [0.1, 0.15) is 178 Å². The first-order valence-electron chi connectivity index (χ1n) is 46.3. The zero-order valence-electron chi connectivity index (χ0n) is 78.7. The van der Waals surface area contributed by atoms with Gasteiger partial charge in [0.15, 0.2) is 45.9 Å². The summed E-state index contributed by atoms with van der Waals surface area (Å²) in [5.41, 5.74) is 22.2. The van der Waals surface area contributed by atoms with E-state index in [0.29, 0.717) is 139 Å². The van der Waals surface area contributed by atoms with Crippen molar-refractivity contribution in [2.24, 2.45) is 17.8 Å². The van der Waals surface area contributed by atoms with E-state index in [1.807, 2.05) is 153 Å². The Bertz CT molecular complexity index is 6430. The lowest BCUT2D eigenvalue weighted by atomic mass is 9.93. The van der Waals surface area contributed by atoms with Gasteiger partial charge in [0.1, 0.15) is 0 Å². The molecule has 0 bridgehead atoms. The van der Waals surface area contributed by atoms with Crippen LogP contribution in [-0.2, 0) is 30.3 Å². The van der Waals surface area contributed by atoms with E-state index in [1.165, 1.54) is 6.42 Å². The number of amides is 1. The molecular weight excluding hydrogens is 1670 g/mol. The molecule has 0 radical (unpaired) electrons. The van der Waals surface area contributed by atoms with Gasteiger partial charge in [-0.3, -0.25) is 73.1 Å². The monoisotopic (exact) mass is 1790 g/mol. The smallest absolute Gasteiger partial charge is 0.306 e. The number of carbonyl (C=O) groups is 7. The Morgan fingerprint density at radius 1 is 0.391 bits per heavy atom. The predicted octanol–water partition coefficient (Wildman–Crippen LogP) is 19.0. The molecule has 133 heavy (non-hydrogen) atoms. The lowest BCUT2D eigenvalue weighted by molar-refractivity contribution is -0.145. The molecule has 4 saturated heterocycles. The van der Waals surface area contributed by atoms with E-state index >= 15 is 0 Å². The Kier molecular flexibility index (Phi) is 32.9. The van der Waals surface area contributed by atoms with Crippen molar-refractivity contribution in [1.29, 1.82) is 0 Å². The highest BCUT2D eigenvalue weighted by molar-refractivity contribution is 6.12. The van der Waals surface area contributed by atoms with Crippen molar-refractivity contribution in [2.75, 3.05) is 119 Å². The number of carbonyl (C=O) groups excluding carboxylic acids is 7. The fourth-order valence-corrected chi connectivity index (χ4v) is 19.2. The van der Waals surface area contributed by atoms with Crippen LogP contribution in [0, 0.1) is 92.5 Å². The molecule has 12 aromatic rings. The van der Waals surface area contributed by atoms with Crippen molar-refractivity contribution in [1.82, 2.24) is 68.0 Å². The van der Waals surface area contributed by atoms with Gasteiger partial charge in [0.25, 0.3) is 0 Å². The number of piperidine rings is 4. The zero-order chi connectivity index (χ0) is 94.7. The van der Waals surface area contributed by atoms with E-state index in [4.69, 9.17) is 35.8 Å². The molecule has 1 atom stereocenters. The molecule has 8 aromatic heterocycles. The molecule has 1 amide bonds. The van der Waals surface area contributed by atoms with E-state index in [9.17, 15) is 33.6 Å². The number of ketones is 4. The number of hydrogen-bond acceptors (Lipinski definition) is 18. The van der Waals surface area contributed by atoms with Crippen LogP contribution in [0.2, 0.25) is 0 Å². The second-order valence-corrected chi connectivity index (χ2v) is 35.7. The Balaban J connectivity index is 0.000000151. The minimum Gasteiger partial charge on any atom is -0.466 e. The Morgan fingerprint density at radius 2 is 0.707 bits per heavy atom. The van der Waals surface area contributed by atoms with E-state index < -0.39 is 0 Å². The fourth-order valence-electron chi connectivity index (χ4n) is 19.2. The van der Waals surface area contributed by atoms with Crippen molar-refractivity contribution in [3.63, 3.8) is 0 Å². The summed E-state index contributed by atoms with van der Waals surface area (Å²) in [6, 6.07) is 37.7. The van der Waals surface area contributed by atoms with Gasteiger partial charge in [-0.05, 0) is 293 Å². The molecule has 688 valence electrons. The molecule has 1 N–H and O–H groups in total.